The molecule has 0 spiro atoms. The van der Waals surface area contributed by atoms with Crippen LogP contribution in [0.3, 0.4) is 0 Å². The van der Waals surface area contributed by atoms with Crippen molar-refractivity contribution in [2.75, 3.05) is 32.0 Å². The van der Waals surface area contributed by atoms with Gasteiger partial charge < -0.3 is 10.0 Å². The molecule has 0 fully saturated rings. The van der Waals surface area contributed by atoms with E-state index >= 15 is 0 Å². The van der Waals surface area contributed by atoms with Crippen LogP contribution in [-0.4, -0.2) is 42.0 Å². The fourth-order valence-corrected chi connectivity index (χ4v) is 1.29. The van der Waals surface area contributed by atoms with Gasteiger partial charge in [0.25, 0.3) is 0 Å². The topological polar surface area (TPSA) is 23.5 Å². The maximum atomic E-state index is 8.66. The molecule has 74 valence electrons. The summed E-state index contributed by atoms with van der Waals surface area (Å²) in [6, 6.07) is 0. The van der Waals surface area contributed by atoms with Gasteiger partial charge in [0.1, 0.15) is 0 Å². The largest absolute Gasteiger partial charge is 0.396 e. The van der Waals surface area contributed by atoms with Crippen molar-refractivity contribution in [3.05, 3.63) is 0 Å². The van der Waals surface area contributed by atoms with Gasteiger partial charge in [0.15, 0.2) is 0 Å². The molecule has 1 N–H and O–H groups in total. The maximum Gasteiger partial charge on any atom is 0.0443 e. The first-order chi connectivity index (χ1) is 5.74. The standard InChI is InChI=1S/C9H21NOS/c1-3-10(5-4-6-11)7-9(2)8-12/h9,11-12H,3-8H2,1-2H3. The lowest BCUT2D eigenvalue weighted by Crippen LogP contribution is -2.30. The Morgan fingerprint density at radius 2 is 2.17 bits per heavy atom. The minimum atomic E-state index is 0.297. The van der Waals surface area contributed by atoms with Gasteiger partial charge in [-0.3, -0.25) is 0 Å². The normalized spacial score (nSPS) is 13.8. The third-order valence-corrected chi connectivity index (χ3v) is 2.58. The first kappa shape index (κ1) is 12.3. The van der Waals surface area contributed by atoms with Crippen LogP contribution in [0.15, 0.2) is 0 Å². The second-order valence-electron chi connectivity index (χ2n) is 3.26. The summed E-state index contributed by atoms with van der Waals surface area (Å²) < 4.78 is 0. The Morgan fingerprint density at radius 3 is 2.58 bits per heavy atom. The quantitative estimate of drug-likeness (QED) is 0.592. The number of aliphatic hydroxyl groups excluding tert-OH is 1. The molecular formula is C9H21NOS. The molecule has 0 amide bonds. The van der Waals surface area contributed by atoms with Crippen LogP contribution in [0, 0.1) is 5.92 Å². The molecular weight excluding hydrogens is 170 g/mol. The van der Waals surface area contributed by atoms with Crippen molar-refractivity contribution in [2.24, 2.45) is 5.92 Å². The van der Waals surface area contributed by atoms with Crippen LogP contribution in [0.5, 0.6) is 0 Å². The third kappa shape index (κ3) is 5.86. The molecule has 0 heterocycles. The van der Waals surface area contributed by atoms with Crippen LogP contribution in [0.4, 0.5) is 0 Å². The molecule has 0 radical (unpaired) electrons. The van der Waals surface area contributed by atoms with E-state index in [4.69, 9.17) is 5.11 Å². The van der Waals surface area contributed by atoms with Crippen molar-refractivity contribution in [2.45, 2.75) is 20.3 Å². The molecule has 0 saturated carbocycles. The summed E-state index contributed by atoms with van der Waals surface area (Å²) in [6.45, 7) is 7.83. The van der Waals surface area contributed by atoms with E-state index in [0.29, 0.717) is 12.5 Å². The Balaban J connectivity index is 3.51. The predicted molar refractivity (Wildman–Crippen MR) is 56.8 cm³/mol. The van der Waals surface area contributed by atoms with E-state index in [-0.39, 0.29) is 0 Å². The first-order valence-electron chi connectivity index (χ1n) is 4.68. The Hall–Kier alpha value is 0.270. The van der Waals surface area contributed by atoms with Crippen LogP contribution in [0.25, 0.3) is 0 Å². The van der Waals surface area contributed by atoms with Gasteiger partial charge in [0.05, 0.1) is 0 Å². The average molecular weight is 191 g/mol. The Labute approximate surface area is 81.4 Å². The third-order valence-electron chi connectivity index (χ3n) is 1.96. The van der Waals surface area contributed by atoms with Crippen molar-refractivity contribution in [1.82, 2.24) is 4.90 Å². The van der Waals surface area contributed by atoms with E-state index in [9.17, 15) is 0 Å². The second kappa shape index (κ2) is 7.90. The lowest BCUT2D eigenvalue weighted by molar-refractivity contribution is 0.216. The molecule has 1 unspecified atom stereocenters. The van der Waals surface area contributed by atoms with E-state index in [2.05, 4.69) is 31.4 Å². The van der Waals surface area contributed by atoms with Crippen molar-refractivity contribution < 1.29 is 5.11 Å². The first-order valence-corrected chi connectivity index (χ1v) is 5.31. The van der Waals surface area contributed by atoms with E-state index in [1.54, 1.807) is 0 Å². The Bertz CT molecular complexity index is 101. The summed E-state index contributed by atoms with van der Waals surface area (Å²) in [5.74, 6) is 1.59. The zero-order chi connectivity index (χ0) is 9.40. The van der Waals surface area contributed by atoms with Crippen LogP contribution in [0.2, 0.25) is 0 Å². The molecule has 0 aliphatic heterocycles. The molecule has 2 nitrogen and oxygen atoms in total. The van der Waals surface area contributed by atoms with Gasteiger partial charge in [-0.1, -0.05) is 13.8 Å². The zero-order valence-electron chi connectivity index (χ0n) is 8.16. The SMILES string of the molecule is CCN(CCCO)CC(C)CS. The van der Waals surface area contributed by atoms with E-state index < -0.39 is 0 Å². The smallest absolute Gasteiger partial charge is 0.0443 e. The molecule has 0 aromatic heterocycles. The summed E-state index contributed by atoms with van der Waals surface area (Å²) >= 11 is 4.24. The molecule has 0 aromatic rings. The summed E-state index contributed by atoms with van der Waals surface area (Å²) in [5, 5.41) is 8.66. The van der Waals surface area contributed by atoms with Gasteiger partial charge in [-0.05, 0) is 24.6 Å². The molecule has 0 aliphatic carbocycles. The highest BCUT2D eigenvalue weighted by Gasteiger charge is 2.06. The minimum Gasteiger partial charge on any atom is -0.396 e. The van der Waals surface area contributed by atoms with E-state index in [0.717, 1.165) is 31.8 Å². The molecule has 0 aliphatic rings. The molecule has 12 heavy (non-hydrogen) atoms. The monoisotopic (exact) mass is 191 g/mol. The molecule has 0 saturated heterocycles. The number of nitrogens with zero attached hydrogens (tertiary/aromatic N) is 1. The minimum absolute atomic E-state index is 0.297. The predicted octanol–water partition coefficient (Wildman–Crippen LogP) is 1.26. The molecule has 0 rings (SSSR count). The average Bonchev–Trinajstić information content (AvgIpc) is 2.11. The van der Waals surface area contributed by atoms with Crippen LogP contribution < -0.4 is 0 Å². The van der Waals surface area contributed by atoms with Crippen LogP contribution >= 0.6 is 12.6 Å². The lowest BCUT2D eigenvalue weighted by Gasteiger charge is -2.22. The van der Waals surface area contributed by atoms with E-state index in [1.807, 2.05) is 0 Å². The van der Waals surface area contributed by atoms with Gasteiger partial charge in [0, 0.05) is 19.7 Å². The highest BCUT2D eigenvalue weighted by atomic mass is 32.1. The van der Waals surface area contributed by atoms with Gasteiger partial charge >= 0.3 is 0 Å². The van der Waals surface area contributed by atoms with Crippen LogP contribution in [0.1, 0.15) is 20.3 Å². The maximum absolute atomic E-state index is 8.66. The molecule has 3 heteroatoms. The van der Waals surface area contributed by atoms with Crippen molar-refractivity contribution in [3.8, 4) is 0 Å². The van der Waals surface area contributed by atoms with Gasteiger partial charge in [-0.2, -0.15) is 12.6 Å². The number of aliphatic hydroxyl groups is 1. The molecule has 0 bridgehead atoms. The number of thiol groups is 1. The van der Waals surface area contributed by atoms with Crippen molar-refractivity contribution in [3.63, 3.8) is 0 Å². The van der Waals surface area contributed by atoms with E-state index in [1.165, 1.54) is 0 Å². The van der Waals surface area contributed by atoms with Gasteiger partial charge in [-0.25, -0.2) is 0 Å². The summed E-state index contributed by atoms with van der Waals surface area (Å²) in [4.78, 5) is 2.36. The van der Waals surface area contributed by atoms with Crippen LogP contribution in [-0.2, 0) is 0 Å². The molecule has 1 atom stereocenters. The molecule has 0 aromatic carbocycles. The summed E-state index contributed by atoms with van der Waals surface area (Å²) in [5.41, 5.74) is 0. The van der Waals surface area contributed by atoms with Crippen molar-refractivity contribution in [1.29, 1.82) is 0 Å². The number of hydrogen-bond acceptors (Lipinski definition) is 3. The van der Waals surface area contributed by atoms with Gasteiger partial charge in [0.2, 0.25) is 0 Å². The van der Waals surface area contributed by atoms with Crippen molar-refractivity contribution >= 4 is 12.6 Å². The Morgan fingerprint density at radius 1 is 1.50 bits per heavy atom. The zero-order valence-corrected chi connectivity index (χ0v) is 9.06. The second-order valence-corrected chi connectivity index (χ2v) is 3.62. The fourth-order valence-electron chi connectivity index (χ4n) is 1.17. The lowest BCUT2D eigenvalue weighted by atomic mass is 10.2. The summed E-state index contributed by atoms with van der Waals surface area (Å²) in [7, 11) is 0. The van der Waals surface area contributed by atoms with Gasteiger partial charge in [-0.15, -0.1) is 0 Å². The summed E-state index contributed by atoms with van der Waals surface area (Å²) in [6.07, 6.45) is 0.882. The highest BCUT2D eigenvalue weighted by Crippen LogP contribution is 2.02. The highest BCUT2D eigenvalue weighted by molar-refractivity contribution is 7.80. The number of hydrogen-bond donors (Lipinski definition) is 2. The fraction of sp³-hybridized carbons (Fsp3) is 1.00. The number of rotatable bonds is 7. The Kier molecular flexibility index (Phi) is 8.07.